The number of nitrogens with one attached hydrogen (secondary N) is 1. The fourth-order valence-electron chi connectivity index (χ4n) is 3.08. The lowest BCUT2D eigenvalue weighted by atomic mass is 10.1. The van der Waals surface area contributed by atoms with Gasteiger partial charge < -0.3 is 15.2 Å². The molecule has 0 aliphatic carbocycles. The summed E-state index contributed by atoms with van der Waals surface area (Å²) < 4.78 is 4.84. The molecular formula is C17H26N2O3. The van der Waals surface area contributed by atoms with Crippen molar-refractivity contribution >= 4 is 5.91 Å². The van der Waals surface area contributed by atoms with E-state index in [2.05, 4.69) is 42.3 Å². The maximum atomic E-state index is 11.7. The van der Waals surface area contributed by atoms with Gasteiger partial charge in [0.15, 0.2) is 0 Å². The fraction of sp³-hybridized carbons (Fsp3) is 0.588. The van der Waals surface area contributed by atoms with Crippen LogP contribution in [-0.2, 0) is 16.1 Å². The van der Waals surface area contributed by atoms with Gasteiger partial charge in [-0.3, -0.25) is 9.69 Å². The van der Waals surface area contributed by atoms with E-state index in [0.717, 1.165) is 19.6 Å². The summed E-state index contributed by atoms with van der Waals surface area (Å²) in [4.78, 5) is 14.0. The molecule has 1 aromatic rings. The van der Waals surface area contributed by atoms with Gasteiger partial charge in [-0.1, -0.05) is 23.8 Å². The highest BCUT2D eigenvalue weighted by molar-refractivity contribution is 5.77. The highest BCUT2D eigenvalue weighted by Gasteiger charge is 2.33. The Morgan fingerprint density at radius 3 is 2.82 bits per heavy atom. The molecule has 2 N–H and O–H groups in total. The molecule has 0 saturated carbocycles. The van der Waals surface area contributed by atoms with Crippen LogP contribution in [0.5, 0.6) is 0 Å². The van der Waals surface area contributed by atoms with E-state index in [-0.39, 0.29) is 31.1 Å². The van der Waals surface area contributed by atoms with Gasteiger partial charge in [0.2, 0.25) is 5.91 Å². The zero-order valence-corrected chi connectivity index (χ0v) is 13.6. The molecule has 1 fully saturated rings. The number of methoxy groups -OCH3 is 1. The fourth-order valence-corrected chi connectivity index (χ4v) is 3.08. The number of carbonyl (C=O) groups is 1. The third-order valence-electron chi connectivity index (χ3n) is 4.27. The lowest BCUT2D eigenvalue weighted by molar-refractivity contribution is -0.125. The molecule has 1 aliphatic heterocycles. The molecule has 1 aliphatic rings. The normalized spacial score (nSPS) is 22.0. The lowest BCUT2D eigenvalue weighted by Gasteiger charge is -2.18. The molecule has 22 heavy (non-hydrogen) atoms. The molecule has 2 atom stereocenters. The molecule has 5 nitrogen and oxygen atoms in total. The number of amides is 1. The van der Waals surface area contributed by atoms with Gasteiger partial charge in [0, 0.05) is 45.3 Å². The molecule has 0 bridgehead atoms. The van der Waals surface area contributed by atoms with Crippen molar-refractivity contribution in [2.24, 2.45) is 5.92 Å². The van der Waals surface area contributed by atoms with Crippen molar-refractivity contribution in [1.82, 2.24) is 10.2 Å². The molecule has 1 heterocycles. The van der Waals surface area contributed by atoms with Gasteiger partial charge in [0.05, 0.1) is 0 Å². The Kier molecular flexibility index (Phi) is 5.94. The summed E-state index contributed by atoms with van der Waals surface area (Å²) in [7, 11) is 1.50. The molecule has 0 spiro atoms. The van der Waals surface area contributed by atoms with E-state index in [1.165, 1.54) is 23.8 Å². The zero-order valence-electron chi connectivity index (χ0n) is 13.6. The van der Waals surface area contributed by atoms with Crippen molar-refractivity contribution in [2.75, 3.05) is 33.4 Å². The van der Waals surface area contributed by atoms with Gasteiger partial charge in [0.1, 0.15) is 6.61 Å². The van der Waals surface area contributed by atoms with Crippen LogP contribution >= 0.6 is 0 Å². The Morgan fingerprint density at radius 1 is 1.41 bits per heavy atom. The number of nitrogens with zero attached hydrogens (tertiary/aromatic N) is 1. The van der Waals surface area contributed by atoms with Crippen molar-refractivity contribution in [2.45, 2.75) is 26.4 Å². The Labute approximate surface area is 132 Å². The number of carbonyl (C=O) groups excluding carboxylic acids is 1. The third-order valence-corrected chi connectivity index (χ3v) is 4.27. The first-order valence-electron chi connectivity index (χ1n) is 7.71. The molecule has 0 aromatic heterocycles. The molecule has 0 unspecified atom stereocenters. The molecule has 0 radical (unpaired) electrons. The topological polar surface area (TPSA) is 61.8 Å². The Hall–Kier alpha value is -1.43. The quantitative estimate of drug-likeness (QED) is 0.818. The average molecular weight is 306 g/mol. The number of hydrogen-bond donors (Lipinski definition) is 2. The number of benzene rings is 1. The first-order valence-corrected chi connectivity index (χ1v) is 7.71. The summed E-state index contributed by atoms with van der Waals surface area (Å²) in [5.41, 5.74) is 3.85. The lowest BCUT2D eigenvalue weighted by Crippen LogP contribution is -2.43. The van der Waals surface area contributed by atoms with Gasteiger partial charge in [0.25, 0.3) is 0 Å². The summed E-state index contributed by atoms with van der Waals surface area (Å²) in [6.45, 7) is 6.76. The number of likely N-dealkylation sites (tertiary alicyclic amines) is 1. The number of aliphatic hydroxyl groups is 1. The van der Waals surface area contributed by atoms with E-state index >= 15 is 0 Å². The highest BCUT2D eigenvalue weighted by atomic mass is 16.5. The molecule has 1 aromatic carbocycles. The van der Waals surface area contributed by atoms with Crippen LogP contribution in [0.2, 0.25) is 0 Å². The SMILES string of the molecule is COCC(=O)N[C@@H]1CN(Cc2ccc(C)cc2C)C[C@H]1CO. The first-order chi connectivity index (χ1) is 10.5. The minimum absolute atomic E-state index is 0.0154. The van der Waals surface area contributed by atoms with E-state index < -0.39 is 0 Å². The van der Waals surface area contributed by atoms with Gasteiger partial charge in [-0.15, -0.1) is 0 Å². The van der Waals surface area contributed by atoms with Crippen LogP contribution in [0.15, 0.2) is 18.2 Å². The Morgan fingerprint density at radius 2 is 2.18 bits per heavy atom. The van der Waals surface area contributed by atoms with Crippen LogP contribution in [0, 0.1) is 19.8 Å². The maximum Gasteiger partial charge on any atom is 0.246 e. The number of aliphatic hydroxyl groups excluding tert-OH is 1. The highest BCUT2D eigenvalue weighted by Crippen LogP contribution is 2.21. The second-order valence-electron chi connectivity index (χ2n) is 6.17. The van der Waals surface area contributed by atoms with Gasteiger partial charge in [-0.25, -0.2) is 0 Å². The average Bonchev–Trinajstić information content (AvgIpc) is 2.84. The van der Waals surface area contributed by atoms with Crippen LogP contribution in [-0.4, -0.2) is 55.4 Å². The van der Waals surface area contributed by atoms with Crippen molar-refractivity contribution < 1.29 is 14.6 Å². The number of aryl methyl sites for hydroxylation is 2. The molecule has 1 amide bonds. The first kappa shape index (κ1) is 16.9. The smallest absolute Gasteiger partial charge is 0.246 e. The van der Waals surface area contributed by atoms with Crippen LogP contribution in [0.25, 0.3) is 0 Å². The largest absolute Gasteiger partial charge is 0.396 e. The molecule has 2 rings (SSSR count). The van der Waals surface area contributed by atoms with E-state index in [1.54, 1.807) is 0 Å². The van der Waals surface area contributed by atoms with E-state index in [4.69, 9.17) is 4.74 Å². The van der Waals surface area contributed by atoms with E-state index in [0.29, 0.717) is 0 Å². The van der Waals surface area contributed by atoms with Crippen LogP contribution in [0.4, 0.5) is 0 Å². The zero-order chi connectivity index (χ0) is 16.1. The second kappa shape index (κ2) is 7.72. The van der Waals surface area contributed by atoms with Gasteiger partial charge in [-0.2, -0.15) is 0 Å². The predicted molar refractivity (Wildman–Crippen MR) is 85.6 cm³/mol. The van der Waals surface area contributed by atoms with Gasteiger partial charge >= 0.3 is 0 Å². The summed E-state index contributed by atoms with van der Waals surface area (Å²) in [5.74, 6) is -0.0501. The monoisotopic (exact) mass is 306 g/mol. The minimum Gasteiger partial charge on any atom is -0.396 e. The summed E-state index contributed by atoms with van der Waals surface area (Å²) in [5, 5.41) is 12.5. The van der Waals surface area contributed by atoms with Crippen LogP contribution < -0.4 is 5.32 Å². The summed E-state index contributed by atoms with van der Waals surface area (Å²) >= 11 is 0. The molecule has 5 heteroatoms. The number of hydrogen-bond acceptors (Lipinski definition) is 4. The maximum absolute atomic E-state index is 11.7. The van der Waals surface area contributed by atoms with Crippen LogP contribution in [0.1, 0.15) is 16.7 Å². The number of rotatable bonds is 6. The van der Waals surface area contributed by atoms with Gasteiger partial charge in [-0.05, 0) is 25.0 Å². The standard InChI is InChI=1S/C17H26N2O3/c1-12-4-5-14(13(2)6-12)7-19-8-15(10-20)16(9-19)18-17(21)11-22-3/h4-6,15-16,20H,7-11H2,1-3H3,(H,18,21)/t15-,16+/m0/s1. The van der Waals surface area contributed by atoms with Crippen molar-refractivity contribution in [3.05, 3.63) is 34.9 Å². The summed E-state index contributed by atoms with van der Waals surface area (Å²) in [6.07, 6.45) is 0. The third kappa shape index (κ3) is 4.29. The predicted octanol–water partition coefficient (Wildman–Crippen LogP) is 0.859. The Bertz CT molecular complexity index is 519. The molecule has 122 valence electrons. The number of ether oxygens (including phenoxy) is 1. The minimum atomic E-state index is -0.126. The summed E-state index contributed by atoms with van der Waals surface area (Å²) in [6, 6.07) is 6.46. The molecular weight excluding hydrogens is 280 g/mol. The van der Waals surface area contributed by atoms with E-state index in [9.17, 15) is 9.90 Å². The Balaban J connectivity index is 1.97. The van der Waals surface area contributed by atoms with Crippen molar-refractivity contribution in [3.63, 3.8) is 0 Å². The molecule has 1 saturated heterocycles. The van der Waals surface area contributed by atoms with E-state index in [1.807, 2.05) is 0 Å². The van der Waals surface area contributed by atoms with Crippen LogP contribution in [0.3, 0.4) is 0 Å². The van der Waals surface area contributed by atoms with Crippen molar-refractivity contribution in [3.8, 4) is 0 Å². The second-order valence-corrected chi connectivity index (χ2v) is 6.17. The van der Waals surface area contributed by atoms with Crippen molar-refractivity contribution in [1.29, 1.82) is 0 Å².